The van der Waals surface area contributed by atoms with E-state index in [-0.39, 0.29) is 0 Å². The highest BCUT2D eigenvalue weighted by molar-refractivity contribution is 9.10. The molecule has 2 rings (SSSR count). The van der Waals surface area contributed by atoms with Crippen molar-refractivity contribution < 1.29 is 0 Å². The summed E-state index contributed by atoms with van der Waals surface area (Å²) in [6.07, 6.45) is 0. The second kappa shape index (κ2) is 6.75. The standard InChI is InChI=1S/C13H11BrClN3S/c14-9-1-5-12(6-2-9)17-18-13(19)16-11-7-3-10(15)4-8-11/h1-8,17H,(H2,16,18,19). The molecule has 0 amide bonds. The molecule has 0 aliphatic heterocycles. The van der Waals surface area contributed by atoms with E-state index in [1.165, 1.54) is 0 Å². The van der Waals surface area contributed by atoms with Gasteiger partial charge in [-0.15, -0.1) is 0 Å². The lowest BCUT2D eigenvalue weighted by Crippen LogP contribution is -2.33. The number of hydrogen-bond acceptors (Lipinski definition) is 2. The van der Waals surface area contributed by atoms with E-state index < -0.39 is 0 Å². The van der Waals surface area contributed by atoms with Crippen LogP contribution < -0.4 is 16.2 Å². The van der Waals surface area contributed by atoms with Crippen LogP contribution in [0.15, 0.2) is 53.0 Å². The first-order chi connectivity index (χ1) is 9.13. The van der Waals surface area contributed by atoms with Gasteiger partial charge in [0.15, 0.2) is 5.11 Å². The molecule has 0 fully saturated rings. The van der Waals surface area contributed by atoms with E-state index in [9.17, 15) is 0 Å². The molecule has 0 saturated heterocycles. The Kier molecular flexibility index (Phi) is 5.01. The molecular formula is C13H11BrClN3S. The largest absolute Gasteiger partial charge is 0.331 e. The van der Waals surface area contributed by atoms with E-state index in [4.69, 9.17) is 23.8 Å². The van der Waals surface area contributed by atoms with Crippen LogP contribution in [0.25, 0.3) is 0 Å². The molecule has 0 bridgehead atoms. The van der Waals surface area contributed by atoms with E-state index in [0.717, 1.165) is 15.8 Å². The monoisotopic (exact) mass is 355 g/mol. The Morgan fingerprint density at radius 3 is 2.16 bits per heavy atom. The Balaban J connectivity index is 1.84. The lowest BCUT2D eigenvalue weighted by Gasteiger charge is -2.12. The second-order valence-electron chi connectivity index (χ2n) is 3.72. The van der Waals surface area contributed by atoms with Gasteiger partial charge in [0.1, 0.15) is 0 Å². The van der Waals surface area contributed by atoms with Crippen LogP contribution in [0.5, 0.6) is 0 Å². The molecule has 0 aliphatic rings. The predicted octanol–water partition coefficient (Wildman–Crippen LogP) is 4.42. The average Bonchev–Trinajstić information content (AvgIpc) is 2.41. The second-order valence-corrected chi connectivity index (χ2v) is 5.48. The fourth-order valence-electron chi connectivity index (χ4n) is 1.36. The van der Waals surface area contributed by atoms with E-state index in [0.29, 0.717) is 10.1 Å². The molecule has 0 spiro atoms. The van der Waals surface area contributed by atoms with Gasteiger partial charge in [-0.25, -0.2) is 0 Å². The summed E-state index contributed by atoms with van der Waals surface area (Å²) >= 11 is 14.4. The minimum atomic E-state index is 0.477. The van der Waals surface area contributed by atoms with Crippen molar-refractivity contribution >= 4 is 56.2 Å². The number of rotatable bonds is 3. The van der Waals surface area contributed by atoms with Crippen LogP contribution in [0, 0.1) is 0 Å². The molecule has 3 N–H and O–H groups in total. The Hall–Kier alpha value is -1.30. The van der Waals surface area contributed by atoms with Crippen molar-refractivity contribution in [3.8, 4) is 0 Å². The van der Waals surface area contributed by atoms with Gasteiger partial charge in [0.2, 0.25) is 0 Å². The van der Waals surface area contributed by atoms with E-state index in [1.54, 1.807) is 12.1 Å². The molecule has 0 unspecified atom stereocenters. The van der Waals surface area contributed by atoms with Gasteiger partial charge in [-0.2, -0.15) is 0 Å². The van der Waals surface area contributed by atoms with Gasteiger partial charge in [0.25, 0.3) is 0 Å². The van der Waals surface area contributed by atoms with Crippen LogP contribution in [-0.4, -0.2) is 5.11 Å². The van der Waals surface area contributed by atoms with Crippen LogP contribution >= 0.6 is 39.7 Å². The summed E-state index contributed by atoms with van der Waals surface area (Å²) in [6.45, 7) is 0. The first kappa shape index (κ1) is 14.1. The topological polar surface area (TPSA) is 36.1 Å². The summed E-state index contributed by atoms with van der Waals surface area (Å²) in [5.41, 5.74) is 7.70. The molecule has 2 aromatic carbocycles. The summed E-state index contributed by atoms with van der Waals surface area (Å²) in [7, 11) is 0. The van der Waals surface area contributed by atoms with Crippen LogP contribution in [0.3, 0.4) is 0 Å². The number of halogens is 2. The number of anilines is 2. The summed E-state index contributed by atoms with van der Waals surface area (Å²) in [4.78, 5) is 0. The summed E-state index contributed by atoms with van der Waals surface area (Å²) in [5.74, 6) is 0. The predicted molar refractivity (Wildman–Crippen MR) is 88.6 cm³/mol. The number of benzene rings is 2. The molecule has 2 aromatic rings. The smallest absolute Gasteiger partial charge is 0.189 e. The van der Waals surface area contributed by atoms with Gasteiger partial charge < -0.3 is 5.32 Å². The minimum absolute atomic E-state index is 0.477. The van der Waals surface area contributed by atoms with Crippen molar-refractivity contribution in [1.29, 1.82) is 0 Å². The first-order valence-electron chi connectivity index (χ1n) is 5.47. The maximum absolute atomic E-state index is 5.81. The quantitative estimate of drug-likeness (QED) is 0.562. The number of nitrogens with one attached hydrogen (secondary N) is 3. The van der Waals surface area contributed by atoms with E-state index >= 15 is 0 Å². The number of hydrogen-bond donors (Lipinski definition) is 3. The fraction of sp³-hybridized carbons (Fsp3) is 0. The van der Waals surface area contributed by atoms with Crippen LogP contribution in [0.4, 0.5) is 11.4 Å². The Bertz CT molecular complexity index is 557. The van der Waals surface area contributed by atoms with Gasteiger partial charge in [-0.1, -0.05) is 27.5 Å². The van der Waals surface area contributed by atoms with Crippen molar-refractivity contribution in [3.63, 3.8) is 0 Å². The Morgan fingerprint density at radius 1 is 0.947 bits per heavy atom. The van der Waals surface area contributed by atoms with Crippen molar-refractivity contribution in [3.05, 3.63) is 58.0 Å². The third-order valence-corrected chi connectivity index (χ3v) is 3.25. The molecule has 19 heavy (non-hydrogen) atoms. The lowest BCUT2D eigenvalue weighted by molar-refractivity contribution is 1.14. The average molecular weight is 357 g/mol. The summed E-state index contributed by atoms with van der Waals surface area (Å²) < 4.78 is 1.03. The molecule has 0 heterocycles. The Labute approximate surface area is 130 Å². The molecular weight excluding hydrogens is 346 g/mol. The third-order valence-electron chi connectivity index (χ3n) is 2.27. The highest BCUT2D eigenvalue weighted by atomic mass is 79.9. The molecule has 0 aliphatic carbocycles. The molecule has 0 radical (unpaired) electrons. The summed E-state index contributed by atoms with van der Waals surface area (Å²) in [5, 5.41) is 4.21. The first-order valence-corrected chi connectivity index (χ1v) is 7.05. The zero-order valence-corrected chi connectivity index (χ0v) is 12.9. The van der Waals surface area contributed by atoms with E-state index in [2.05, 4.69) is 32.1 Å². The van der Waals surface area contributed by atoms with Crippen LogP contribution in [0.2, 0.25) is 5.02 Å². The third kappa shape index (κ3) is 4.70. The fourth-order valence-corrected chi connectivity index (χ4v) is 1.92. The maximum Gasteiger partial charge on any atom is 0.189 e. The lowest BCUT2D eigenvalue weighted by atomic mass is 10.3. The highest BCUT2D eigenvalue weighted by Gasteiger charge is 1.97. The molecule has 6 heteroatoms. The van der Waals surface area contributed by atoms with Crippen molar-refractivity contribution in [2.24, 2.45) is 0 Å². The number of hydrazine groups is 1. The normalized spacial score (nSPS) is 9.79. The number of thiocarbonyl (C=S) groups is 1. The van der Waals surface area contributed by atoms with Gasteiger partial charge in [-0.05, 0) is 60.7 Å². The molecule has 0 atom stereocenters. The zero-order valence-electron chi connectivity index (χ0n) is 9.78. The minimum Gasteiger partial charge on any atom is -0.331 e. The molecule has 3 nitrogen and oxygen atoms in total. The highest BCUT2D eigenvalue weighted by Crippen LogP contribution is 2.14. The van der Waals surface area contributed by atoms with Gasteiger partial charge in [0, 0.05) is 15.2 Å². The summed E-state index contributed by atoms with van der Waals surface area (Å²) in [6, 6.07) is 15.1. The van der Waals surface area contributed by atoms with Crippen molar-refractivity contribution in [2.45, 2.75) is 0 Å². The maximum atomic E-state index is 5.81. The molecule has 98 valence electrons. The van der Waals surface area contributed by atoms with Crippen molar-refractivity contribution in [2.75, 3.05) is 10.7 Å². The van der Waals surface area contributed by atoms with Gasteiger partial charge in [0.05, 0.1) is 5.69 Å². The zero-order chi connectivity index (χ0) is 13.7. The Morgan fingerprint density at radius 2 is 1.53 bits per heavy atom. The molecule has 0 aromatic heterocycles. The van der Waals surface area contributed by atoms with E-state index in [1.807, 2.05) is 36.4 Å². The van der Waals surface area contributed by atoms with Gasteiger partial charge >= 0.3 is 0 Å². The molecule has 0 saturated carbocycles. The van der Waals surface area contributed by atoms with Crippen LogP contribution in [0.1, 0.15) is 0 Å². The van der Waals surface area contributed by atoms with Crippen molar-refractivity contribution in [1.82, 2.24) is 5.43 Å². The SMILES string of the molecule is S=C(NNc1ccc(Br)cc1)Nc1ccc(Cl)cc1. The van der Waals surface area contributed by atoms with Crippen LogP contribution in [-0.2, 0) is 0 Å². The van der Waals surface area contributed by atoms with Gasteiger partial charge in [-0.3, -0.25) is 10.9 Å².